The van der Waals surface area contributed by atoms with Gasteiger partial charge in [0.25, 0.3) is 0 Å². The van der Waals surface area contributed by atoms with Gasteiger partial charge in [-0.1, -0.05) is 0 Å². The number of carbonyl (C=O) groups excluding carboxylic acids is 1. The van der Waals surface area contributed by atoms with Gasteiger partial charge < -0.3 is 15.4 Å². The van der Waals surface area contributed by atoms with E-state index in [1.807, 2.05) is 11.6 Å². The normalized spacial score (nSPS) is 22.5. The second kappa shape index (κ2) is 6.52. The smallest absolute Gasteiger partial charge is 0.315 e. The van der Waals surface area contributed by atoms with Gasteiger partial charge in [-0.25, -0.2) is 14.5 Å². The maximum Gasteiger partial charge on any atom is 0.315 e. The second-order valence-electron chi connectivity index (χ2n) is 6.20. The molecule has 0 bridgehead atoms. The molecule has 0 spiro atoms. The number of aromatic nitrogens is 3. The van der Waals surface area contributed by atoms with Gasteiger partial charge in [-0.15, -0.1) is 11.3 Å². The predicted molar refractivity (Wildman–Crippen MR) is 90.0 cm³/mol. The number of nitrogens with one attached hydrogen (secondary N) is 2. The van der Waals surface area contributed by atoms with Gasteiger partial charge in [-0.2, -0.15) is 5.10 Å². The first kappa shape index (κ1) is 15.6. The number of ether oxygens (including phenoxy) is 1. The molecule has 2 atom stereocenters. The SMILES string of the molecule is Cc1nc2n(n1)CCC[C@H]2NC(=O)NC[C@@H]1OCCc2sccc21. The second-order valence-corrected chi connectivity index (χ2v) is 7.20. The van der Waals surface area contributed by atoms with Crippen LogP contribution in [0, 0.1) is 6.92 Å². The van der Waals surface area contributed by atoms with Crippen LogP contribution in [-0.4, -0.2) is 33.9 Å². The molecule has 24 heavy (non-hydrogen) atoms. The molecule has 7 nitrogen and oxygen atoms in total. The van der Waals surface area contributed by atoms with Crippen LogP contribution >= 0.6 is 11.3 Å². The van der Waals surface area contributed by atoms with Crippen LogP contribution in [0.15, 0.2) is 11.4 Å². The molecule has 2 aromatic rings. The fourth-order valence-corrected chi connectivity index (χ4v) is 4.31. The van der Waals surface area contributed by atoms with Crippen molar-refractivity contribution in [2.24, 2.45) is 0 Å². The number of carbonyl (C=O) groups is 1. The van der Waals surface area contributed by atoms with Crippen LogP contribution in [-0.2, 0) is 17.7 Å². The summed E-state index contributed by atoms with van der Waals surface area (Å²) < 4.78 is 7.69. The van der Waals surface area contributed by atoms with E-state index in [2.05, 4.69) is 32.2 Å². The maximum absolute atomic E-state index is 12.3. The van der Waals surface area contributed by atoms with E-state index in [4.69, 9.17) is 4.74 Å². The first-order valence-corrected chi connectivity index (χ1v) is 9.22. The summed E-state index contributed by atoms with van der Waals surface area (Å²) in [5.41, 5.74) is 1.21. The Bertz CT molecular complexity index is 741. The van der Waals surface area contributed by atoms with Crippen molar-refractivity contribution in [1.29, 1.82) is 0 Å². The molecule has 8 heteroatoms. The van der Waals surface area contributed by atoms with Gasteiger partial charge in [0.2, 0.25) is 0 Å². The van der Waals surface area contributed by atoms with Crippen LogP contribution in [0.3, 0.4) is 0 Å². The number of rotatable bonds is 3. The van der Waals surface area contributed by atoms with E-state index < -0.39 is 0 Å². The zero-order chi connectivity index (χ0) is 16.5. The van der Waals surface area contributed by atoms with E-state index in [9.17, 15) is 4.79 Å². The standard InChI is InChI=1S/C16H21N5O2S/c1-10-18-15-12(3-2-6-21(15)20-10)19-16(22)17-9-13-11-5-8-24-14(11)4-7-23-13/h5,8,12-13H,2-4,6-7,9H2,1H3,(H2,17,19,22)/t12-,13+/m1/s1. The third kappa shape index (κ3) is 3.03. The largest absolute Gasteiger partial charge is 0.371 e. The van der Waals surface area contributed by atoms with Crippen molar-refractivity contribution in [3.8, 4) is 0 Å². The van der Waals surface area contributed by atoms with Gasteiger partial charge >= 0.3 is 6.03 Å². The Hall–Kier alpha value is -1.93. The molecule has 0 radical (unpaired) electrons. The Morgan fingerprint density at radius 2 is 2.46 bits per heavy atom. The number of urea groups is 1. The molecule has 0 aromatic carbocycles. The van der Waals surface area contributed by atoms with E-state index in [0.717, 1.165) is 37.5 Å². The topological polar surface area (TPSA) is 81.1 Å². The number of amides is 2. The molecule has 0 saturated carbocycles. The first-order chi connectivity index (χ1) is 11.7. The molecule has 2 aliphatic heterocycles. The number of nitrogens with zero attached hydrogens (tertiary/aromatic N) is 3. The highest BCUT2D eigenvalue weighted by molar-refractivity contribution is 7.10. The molecule has 0 saturated heterocycles. The lowest BCUT2D eigenvalue weighted by Crippen LogP contribution is -2.42. The first-order valence-electron chi connectivity index (χ1n) is 8.34. The Morgan fingerprint density at radius 1 is 1.54 bits per heavy atom. The van der Waals surface area contributed by atoms with E-state index in [1.165, 1.54) is 10.4 Å². The van der Waals surface area contributed by atoms with Gasteiger partial charge in [0.1, 0.15) is 17.8 Å². The predicted octanol–water partition coefficient (Wildman–Crippen LogP) is 2.10. The molecule has 2 N–H and O–H groups in total. The Labute approximate surface area is 144 Å². The minimum absolute atomic E-state index is 0.0528. The molecule has 2 aromatic heterocycles. The van der Waals surface area contributed by atoms with E-state index >= 15 is 0 Å². The van der Waals surface area contributed by atoms with Crippen molar-refractivity contribution in [3.05, 3.63) is 33.5 Å². The summed E-state index contributed by atoms with van der Waals surface area (Å²) in [6.45, 7) is 3.94. The van der Waals surface area contributed by atoms with Crippen LogP contribution in [0.25, 0.3) is 0 Å². The number of fused-ring (bicyclic) bond motifs is 2. The third-order valence-electron chi connectivity index (χ3n) is 4.51. The summed E-state index contributed by atoms with van der Waals surface area (Å²) in [7, 11) is 0. The maximum atomic E-state index is 12.3. The van der Waals surface area contributed by atoms with Crippen LogP contribution in [0.1, 0.15) is 47.1 Å². The molecule has 0 aliphatic carbocycles. The van der Waals surface area contributed by atoms with Gasteiger partial charge in [-0.05, 0) is 36.8 Å². The van der Waals surface area contributed by atoms with Gasteiger partial charge in [0.05, 0.1) is 12.6 Å². The Balaban J connectivity index is 1.35. The summed E-state index contributed by atoms with van der Waals surface area (Å²) in [6, 6.07) is 1.83. The molecule has 128 valence electrons. The lowest BCUT2D eigenvalue weighted by atomic mass is 10.1. The lowest BCUT2D eigenvalue weighted by molar-refractivity contribution is 0.0453. The third-order valence-corrected chi connectivity index (χ3v) is 5.51. The summed E-state index contributed by atoms with van der Waals surface area (Å²) in [5.74, 6) is 1.60. The molecule has 0 unspecified atom stereocenters. The quantitative estimate of drug-likeness (QED) is 0.891. The number of thiophene rings is 1. The molecule has 0 fully saturated rings. The van der Waals surface area contributed by atoms with E-state index in [-0.39, 0.29) is 18.2 Å². The fourth-order valence-electron chi connectivity index (χ4n) is 3.39. The summed E-state index contributed by atoms with van der Waals surface area (Å²) in [5, 5.41) is 12.4. The zero-order valence-corrected chi connectivity index (χ0v) is 14.4. The lowest BCUT2D eigenvalue weighted by Gasteiger charge is -2.25. The zero-order valence-electron chi connectivity index (χ0n) is 13.6. The number of hydrogen-bond acceptors (Lipinski definition) is 5. The van der Waals surface area contributed by atoms with E-state index in [1.54, 1.807) is 11.3 Å². The summed E-state index contributed by atoms with van der Waals surface area (Å²) >= 11 is 1.76. The summed E-state index contributed by atoms with van der Waals surface area (Å²) in [4.78, 5) is 18.1. The minimum Gasteiger partial charge on any atom is -0.371 e. The fraction of sp³-hybridized carbons (Fsp3) is 0.562. The number of hydrogen-bond donors (Lipinski definition) is 2. The average Bonchev–Trinajstić information content (AvgIpc) is 3.19. The van der Waals surface area contributed by atoms with Crippen molar-refractivity contribution in [3.63, 3.8) is 0 Å². The molecule has 4 rings (SSSR count). The highest BCUT2D eigenvalue weighted by Crippen LogP contribution is 2.30. The Kier molecular flexibility index (Phi) is 4.24. The monoisotopic (exact) mass is 347 g/mol. The average molecular weight is 347 g/mol. The Morgan fingerprint density at radius 3 is 3.38 bits per heavy atom. The van der Waals surface area contributed by atoms with Gasteiger partial charge in [-0.3, -0.25) is 0 Å². The van der Waals surface area contributed by atoms with Crippen LogP contribution in [0.5, 0.6) is 0 Å². The highest BCUT2D eigenvalue weighted by Gasteiger charge is 2.26. The van der Waals surface area contributed by atoms with Crippen LogP contribution < -0.4 is 10.6 Å². The van der Waals surface area contributed by atoms with Crippen LogP contribution in [0.2, 0.25) is 0 Å². The minimum atomic E-state index is -0.181. The van der Waals surface area contributed by atoms with Crippen molar-refractivity contribution in [1.82, 2.24) is 25.4 Å². The molecular weight excluding hydrogens is 326 g/mol. The molecule has 2 aliphatic rings. The van der Waals surface area contributed by atoms with Gasteiger partial charge in [0.15, 0.2) is 0 Å². The van der Waals surface area contributed by atoms with Crippen molar-refractivity contribution < 1.29 is 9.53 Å². The van der Waals surface area contributed by atoms with Gasteiger partial charge in [0, 0.05) is 24.4 Å². The number of aryl methyl sites for hydroxylation is 2. The van der Waals surface area contributed by atoms with Crippen molar-refractivity contribution in [2.45, 2.75) is 44.9 Å². The summed E-state index contributed by atoms with van der Waals surface area (Å²) in [6.07, 6.45) is 2.79. The van der Waals surface area contributed by atoms with E-state index in [0.29, 0.717) is 13.2 Å². The van der Waals surface area contributed by atoms with Crippen molar-refractivity contribution >= 4 is 17.4 Å². The highest BCUT2D eigenvalue weighted by atomic mass is 32.1. The van der Waals surface area contributed by atoms with Crippen LogP contribution in [0.4, 0.5) is 4.79 Å². The van der Waals surface area contributed by atoms with Crippen molar-refractivity contribution in [2.75, 3.05) is 13.2 Å². The molecule has 2 amide bonds. The molecular formula is C16H21N5O2S. The molecule has 4 heterocycles.